The average Bonchev–Trinajstić information content (AvgIpc) is 2.32. The Morgan fingerprint density at radius 3 is 2.08 bits per heavy atom. The number of rotatable bonds is 2. The van der Waals surface area contributed by atoms with Crippen LogP contribution in [0.25, 0.3) is 0 Å². The molecule has 1 aliphatic carbocycles. The molecule has 1 N–H and O–H groups in total. The van der Waals surface area contributed by atoms with Crippen LogP contribution in [-0.4, -0.2) is 16.9 Å². The normalized spacial score (nSPS) is 23.0. The summed E-state index contributed by atoms with van der Waals surface area (Å²) in [5.41, 5.74) is -1.02. The van der Waals surface area contributed by atoms with Crippen LogP contribution in [0.5, 0.6) is 0 Å². The van der Waals surface area contributed by atoms with Crippen LogP contribution >= 0.6 is 0 Å². The highest BCUT2D eigenvalue weighted by atomic mass is 19.4. The van der Waals surface area contributed by atoms with Crippen LogP contribution in [0.2, 0.25) is 0 Å². The number of alkyl halides is 3. The third-order valence-corrected chi connectivity index (χ3v) is 2.41. The minimum Gasteiger partial charge on any atom is -0.390 e. The smallest absolute Gasteiger partial charge is 0.389 e. The fourth-order valence-corrected chi connectivity index (χ4v) is 1.66. The highest BCUT2D eigenvalue weighted by Crippen LogP contribution is 2.36. The molecule has 0 atom stereocenters. The quantitative estimate of drug-likeness (QED) is 0.696. The molecule has 1 rings (SSSR count). The number of aliphatic hydroxyl groups is 1. The van der Waals surface area contributed by atoms with E-state index in [1.54, 1.807) is 0 Å². The predicted octanol–water partition coefficient (Wildman–Crippen LogP) is 2.63. The van der Waals surface area contributed by atoms with Crippen LogP contribution in [0, 0.1) is 0 Å². The summed E-state index contributed by atoms with van der Waals surface area (Å²) in [6.45, 7) is 0. The van der Waals surface area contributed by atoms with E-state index in [0.717, 1.165) is 12.8 Å². The number of hydrogen-bond acceptors (Lipinski definition) is 1. The minimum atomic E-state index is -4.13. The van der Waals surface area contributed by atoms with Gasteiger partial charge in [0, 0.05) is 6.42 Å². The van der Waals surface area contributed by atoms with E-state index in [2.05, 4.69) is 0 Å². The van der Waals surface area contributed by atoms with E-state index in [-0.39, 0.29) is 6.42 Å². The van der Waals surface area contributed by atoms with E-state index >= 15 is 0 Å². The van der Waals surface area contributed by atoms with Gasteiger partial charge in [0.05, 0.1) is 5.60 Å². The minimum absolute atomic E-state index is 0.128. The lowest BCUT2D eigenvalue weighted by Gasteiger charge is -2.22. The molecule has 0 heterocycles. The average molecular weight is 182 g/mol. The van der Waals surface area contributed by atoms with Gasteiger partial charge in [0.15, 0.2) is 0 Å². The van der Waals surface area contributed by atoms with Crippen LogP contribution in [0.1, 0.15) is 38.5 Å². The predicted molar refractivity (Wildman–Crippen MR) is 38.7 cm³/mol. The van der Waals surface area contributed by atoms with E-state index in [9.17, 15) is 18.3 Å². The number of hydrogen-bond donors (Lipinski definition) is 1. The third kappa shape index (κ3) is 3.01. The first-order valence-electron chi connectivity index (χ1n) is 4.20. The molecule has 12 heavy (non-hydrogen) atoms. The van der Waals surface area contributed by atoms with Crippen molar-refractivity contribution in [2.45, 2.75) is 50.3 Å². The van der Waals surface area contributed by atoms with Gasteiger partial charge in [-0.1, -0.05) is 12.8 Å². The summed E-state index contributed by atoms with van der Waals surface area (Å²) in [5.74, 6) is 0. The first-order chi connectivity index (χ1) is 5.41. The molecule has 72 valence electrons. The zero-order valence-corrected chi connectivity index (χ0v) is 6.82. The fraction of sp³-hybridized carbons (Fsp3) is 1.00. The maximum atomic E-state index is 11.8. The van der Waals surface area contributed by atoms with Crippen LogP contribution in [0.15, 0.2) is 0 Å². The van der Waals surface area contributed by atoms with Crippen molar-refractivity contribution in [2.75, 3.05) is 0 Å². The van der Waals surface area contributed by atoms with Gasteiger partial charge in [-0.2, -0.15) is 13.2 Å². The Labute approximate surface area is 69.6 Å². The maximum absolute atomic E-state index is 11.8. The molecule has 1 fully saturated rings. The standard InChI is InChI=1S/C8H13F3O/c9-8(10,11)6-5-7(12)3-1-2-4-7/h12H,1-6H2. The molecule has 0 radical (unpaired) electrons. The van der Waals surface area contributed by atoms with E-state index in [0.29, 0.717) is 12.8 Å². The second kappa shape index (κ2) is 3.24. The molecule has 0 aromatic carbocycles. The summed E-state index contributed by atoms with van der Waals surface area (Å²) in [7, 11) is 0. The summed E-state index contributed by atoms with van der Waals surface area (Å²) in [6, 6.07) is 0. The molecule has 0 aromatic rings. The third-order valence-electron chi connectivity index (χ3n) is 2.41. The van der Waals surface area contributed by atoms with Gasteiger partial charge in [0.1, 0.15) is 0 Å². The lowest BCUT2D eigenvalue weighted by Crippen LogP contribution is -2.26. The Balaban J connectivity index is 2.30. The molecule has 0 aromatic heterocycles. The van der Waals surface area contributed by atoms with Crippen LogP contribution in [0.4, 0.5) is 13.2 Å². The molecular formula is C8H13F3O. The summed E-state index contributed by atoms with van der Waals surface area (Å²) in [5, 5.41) is 9.55. The molecule has 0 aliphatic heterocycles. The first kappa shape index (κ1) is 9.84. The molecule has 1 aliphatic rings. The Hall–Kier alpha value is -0.250. The molecule has 0 saturated heterocycles. The summed E-state index contributed by atoms with van der Waals surface area (Å²) < 4.78 is 35.3. The zero-order valence-electron chi connectivity index (χ0n) is 6.82. The van der Waals surface area contributed by atoms with Gasteiger partial charge in [-0.3, -0.25) is 0 Å². The monoisotopic (exact) mass is 182 g/mol. The topological polar surface area (TPSA) is 20.2 Å². The van der Waals surface area contributed by atoms with Crippen molar-refractivity contribution in [3.63, 3.8) is 0 Å². The van der Waals surface area contributed by atoms with E-state index in [4.69, 9.17) is 0 Å². The van der Waals surface area contributed by atoms with Crippen molar-refractivity contribution < 1.29 is 18.3 Å². The Bertz CT molecular complexity index is 147. The molecular weight excluding hydrogens is 169 g/mol. The Morgan fingerprint density at radius 2 is 1.67 bits per heavy atom. The highest BCUT2D eigenvalue weighted by molar-refractivity contribution is 4.84. The summed E-state index contributed by atoms with van der Waals surface area (Å²) in [6.07, 6.45) is -2.34. The van der Waals surface area contributed by atoms with Crippen LogP contribution in [-0.2, 0) is 0 Å². The van der Waals surface area contributed by atoms with Gasteiger partial charge in [0.2, 0.25) is 0 Å². The second-order valence-corrected chi connectivity index (χ2v) is 3.55. The van der Waals surface area contributed by atoms with Crippen LogP contribution < -0.4 is 0 Å². The van der Waals surface area contributed by atoms with Gasteiger partial charge < -0.3 is 5.11 Å². The number of halogens is 3. The molecule has 0 bridgehead atoms. The molecule has 1 saturated carbocycles. The van der Waals surface area contributed by atoms with Gasteiger partial charge in [0.25, 0.3) is 0 Å². The summed E-state index contributed by atoms with van der Waals surface area (Å²) >= 11 is 0. The maximum Gasteiger partial charge on any atom is 0.389 e. The molecule has 0 amide bonds. The van der Waals surface area contributed by atoms with Gasteiger partial charge in [-0.25, -0.2) is 0 Å². The Kier molecular flexibility index (Phi) is 2.66. The van der Waals surface area contributed by atoms with Gasteiger partial charge in [-0.05, 0) is 19.3 Å². The highest BCUT2D eigenvalue weighted by Gasteiger charge is 2.36. The van der Waals surface area contributed by atoms with E-state index < -0.39 is 18.2 Å². The van der Waals surface area contributed by atoms with Gasteiger partial charge in [-0.15, -0.1) is 0 Å². The zero-order chi connectivity index (χ0) is 9.24. The van der Waals surface area contributed by atoms with Crippen molar-refractivity contribution in [1.82, 2.24) is 0 Å². The SMILES string of the molecule is OC1(CCC(F)(F)F)CCCC1. The second-order valence-electron chi connectivity index (χ2n) is 3.55. The van der Waals surface area contributed by atoms with Crippen molar-refractivity contribution in [2.24, 2.45) is 0 Å². The molecule has 0 unspecified atom stereocenters. The largest absolute Gasteiger partial charge is 0.390 e. The van der Waals surface area contributed by atoms with Crippen molar-refractivity contribution in [3.05, 3.63) is 0 Å². The van der Waals surface area contributed by atoms with Crippen molar-refractivity contribution in [3.8, 4) is 0 Å². The van der Waals surface area contributed by atoms with E-state index in [1.165, 1.54) is 0 Å². The summed E-state index contributed by atoms with van der Waals surface area (Å²) in [4.78, 5) is 0. The van der Waals surface area contributed by atoms with Crippen molar-refractivity contribution >= 4 is 0 Å². The Morgan fingerprint density at radius 1 is 1.17 bits per heavy atom. The van der Waals surface area contributed by atoms with Gasteiger partial charge >= 0.3 is 6.18 Å². The fourth-order valence-electron chi connectivity index (χ4n) is 1.66. The van der Waals surface area contributed by atoms with Crippen molar-refractivity contribution in [1.29, 1.82) is 0 Å². The van der Waals surface area contributed by atoms with E-state index in [1.807, 2.05) is 0 Å². The lowest BCUT2D eigenvalue weighted by atomic mass is 9.96. The molecule has 4 heteroatoms. The first-order valence-corrected chi connectivity index (χ1v) is 4.20. The molecule has 0 spiro atoms. The lowest BCUT2D eigenvalue weighted by molar-refractivity contribution is -0.146. The molecule has 1 nitrogen and oxygen atoms in total. The van der Waals surface area contributed by atoms with Crippen LogP contribution in [0.3, 0.4) is 0 Å².